The molecule has 6 nitrogen and oxygen atoms in total. The Morgan fingerprint density at radius 2 is 1.76 bits per heavy atom. The van der Waals surface area contributed by atoms with E-state index in [1.54, 1.807) is 6.92 Å². The van der Waals surface area contributed by atoms with Crippen LogP contribution in [0, 0.1) is 0 Å². The van der Waals surface area contributed by atoms with E-state index in [2.05, 4.69) is 15.4 Å². The molecule has 0 aliphatic rings. The van der Waals surface area contributed by atoms with Gasteiger partial charge in [-0.3, -0.25) is 9.59 Å². The summed E-state index contributed by atoms with van der Waals surface area (Å²) in [6.07, 6.45) is 0. The van der Waals surface area contributed by atoms with Crippen molar-refractivity contribution in [1.82, 2.24) is 10.6 Å². The molecule has 0 aromatic heterocycles. The normalized spacial score (nSPS) is 12.5. The molecule has 1 unspecified atom stereocenters. The molecule has 0 heterocycles. The van der Waals surface area contributed by atoms with E-state index in [0.29, 0.717) is 0 Å². The third-order valence-corrected chi connectivity index (χ3v) is 1.70. The molecule has 0 rings (SSSR count). The van der Waals surface area contributed by atoms with Crippen LogP contribution in [-0.2, 0) is 19.1 Å². The first-order valence-corrected chi connectivity index (χ1v) is 5.47. The molecule has 0 spiro atoms. The van der Waals surface area contributed by atoms with E-state index < -0.39 is 17.9 Å². The molecule has 0 saturated heterocycles. The quantitative estimate of drug-likeness (QED) is 0.539. The van der Waals surface area contributed by atoms with Crippen LogP contribution in [0.5, 0.6) is 0 Å². The third kappa shape index (κ3) is 6.55. The predicted molar refractivity (Wildman–Crippen MR) is 62.1 cm³/mol. The molecule has 17 heavy (non-hydrogen) atoms. The molecule has 0 radical (unpaired) electrons. The van der Waals surface area contributed by atoms with Crippen molar-refractivity contribution in [2.45, 2.75) is 46.2 Å². The number of carbonyl (C=O) groups is 3. The Morgan fingerprint density at radius 3 is 2.18 bits per heavy atom. The number of hydrogen-bond donors (Lipinski definition) is 2. The zero-order valence-electron chi connectivity index (χ0n) is 10.9. The number of rotatable bonds is 3. The van der Waals surface area contributed by atoms with Crippen LogP contribution >= 0.6 is 0 Å². The molecule has 98 valence electrons. The van der Waals surface area contributed by atoms with Crippen molar-refractivity contribution in [1.29, 1.82) is 0 Å². The van der Waals surface area contributed by atoms with Crippen LogP contribution in [0.4, 0.5) is 0 Å². The molecular formula is C11H20N2O4. The highest BCUT2D eigenvalue weighted by atomic mass is 16.5. The summed E-state index contributed by atoms with van der Waals surface area (Å²) in [5.74, 6) is -2.25. The molecule has 0 aromatic rings. The van der Waals surface area contributed by atoms with Gasteiger partial charge in [0, 0.05) is 5.54 Å². The fourth-order valence-corrected chi connectivity index (χ4v) is 0.996. The summed E-state index contributed by atoms with van der Waals surface area (Å²) in [6.45, 7) is 8.69. The van der Waals surface area contributed by atoms with E-state index in [4.69, 9.17) is 0 Å². The SMILES string of the molecule is CCOC(=O)C(=O)NC(C)C(=O)NC(C)(C)C. The van der Waals surface area contributed by atoms with Crippen LogP contribution in [0.15, 0.2) is 0 Å². The van der Waals surface area contributed by atoms with Gasteiger partial charge in [0.15, 0.2) is 0 Å². The molecule has 0 saturated carbocycles. The fraction of sp³-hybridized carbons (Fsp3) is 0.727. The monoisotopic (exact) mass is 244 g/mol. The van der Waals surface area contributed by atoms with Crippen molar-refractivity contribution in [2.24, 2.45) is 0 Å². The summed E-state index contributed by atoms with van der Waals surface area (Å²) in [5.41, 5.74) is -0.389. The second kappa shape index (κ2) is 6.22. The Hall–Kier alpha value is -1.59. The van der Waals surface area contributed by atoms with Gasteiger partial charge in [-0.05, 0) is 34.6 Å². The van der Waals surface area contributed by atoms with E-state index in [-0.39, 0.29) is 18.1 Å². The van der Waals surface area contributed by atoms with Crippen LogP contribution in [0.3, 0.4) is 0 Å². The second-order valence-corrected chi connectivity index (χ2v) is 4.65. The van der Waals surface area contributed by atoms with Gasteiger partial charge in [-0.15, -0.1) is 0 Å². The minimum absolute atomic E-state index is 0.120. The van der Waals surface area contributed by atoms with Crippen LogP contribution in [0.2, 0.25) is 0 Å². The fourth-order valence-electron chi connectivity index (χ4n) is 0.996. The van der Waals surface area contributed by atoms with Gasteiger partial charge in [0.2, 0.25) is 5.91 Å². The van der Waals surface area contributed by atoms with Crippen molar-refractivity contribution in [3.8, 4) is 0 Å². The number of nitrogens with one attached hydrogen (secondary N) is 2. The summed E-state index contributed by atoms with van der Waals surface area (Å²) in [7, 11) is 0. The largest absolute Gasteiger partial charge is 0.459 e. The first-order chi connectivity index (χ1) is 7.67. The lowest BCUT2D eigenvalue weighted by atomic mass is 10.1. The highest BCUT2D eigenvalue weighted by Crippen LogP contribution is 1.99. The Kier molecular flexibility index (Phi) is 5.64. The van der Waals surface area contributed by atoms with Crippen molar-refractivity contribution in [2.75, 3.05) is 6.61 Å². The van der Waals surface area contributed by atoms with Crippen molar-refractivity contribution in [3.63, 3.8) is 0 Å². The summed E-state index contributed by atoms with van der Waals surface area (Å²) < 4.78 is 4.50. The highest BCUT2D eigenvalue weighted by molar-refractivity contribution is 6.32. The Labute approximate surface area is 101 Å². The molecule has 0 aromatic carbocycles. The van der Waals surface area contributed by atoms with Gasteiger partial charge < -0.3 is 15.4 Å². The number of esters is 1. The van der Waals surface area contributed by atoms with Gasteiger partial charge in [-0.25, -0.2) is 4.79 Å². The molecule has 0 fully saturated rings. The zero-order chi connectivity index (χ0) is 13.6. The summed E-state index contributed by atoms with van der Waals surface area (Å²) in [6, 6.07) is -0.786. The van der Waals surface area contributed by atoms with Gasteiger partial charge >= 0.3 is 11.9 Å². The molecule has 6 heteroatoms. The maximum Gasteiger partial charge on any atom is 0.396 e. The highest BCUT2D eigenvalue weighted by Gasteiger charge is 2.23. The van der Waals surface area contributed by atoms with Crippen molar-refractivity contribution < 1.29 is 19.1 Å². The topological polar surface area (TPSA) is 84.5 Å². The number of carbonyl (C=O) groups excluding carboxylic acids is 3. The number of amides is 2. The minimum atomic E-state index is -0.983. The van der Waals surface area contributed by atoms with Crippen LogP contribution in [0.25, 0.3) is 0 Å². The predicted octanol–water partition coefficient (Wildman–Crippen LogP) is -0.0311. The lowest BCUT2D eigenvalue weighted by Crippen LogP contribution is -2.52. The minimum Gasteiger partial charge on any atom is -0.459 e. The van der Waals surface area contributed by atoms with Gasteiger partial charge in [0.25, 0.3) is 0 Å². The van der Waals surface area contributed by atoms with E-state index in [0.717, 1.165) is 0 Å². The van der Waals surface area contributed by atoms with Gasteiger partial charge in [-0.2, -0.15) is 0 Å². The maximum absolute atomic E-state index is 11.6. The summed E-state index contributed by atoms with van der Waals surface area (Å²) in [4.78, 5) is 33.9. The van der Waals surface area contributed by atoms with Gasteiger partial charge in [0.1, 0.15) is 6.04 Å². The average molecular weight is 244 g/mol. The smallest absolute Gasteiger partial charge is 0.396 e. The molecule has 0 aliphatic heterocycles. The van der Waals surface area contributed by atoms with E-state index in [1.165, 1.54) is 6.92 Å². The van der Waals surface area contributed by atoms with E-state index >= 15 is 0 Å². The first-order valence-electron chi connectivity index (χ1n) is 5.47. The lowest BCUT2D eigenvalue weighted by Gasteiger charge is -2.23. The molecular weight excluding hydrogens is 224 g/mol. The van der Waals surface area contributed by atoms with Crippen LogP contribution in [0.1, 0.15) is 34.6 Å². The van der Waals surface area contributed by atoms with E-state index in [1.807, 2.05) is 20.8 Å². The Bertz CT molecular complexity index is 307. The van der Waals surface area contributed by atoms with Gasteiger partial charge in [-0.1, -0.05) is 0 Å². The molecule has 0 bridgehead atoms. The van der Waals surface area contributed by atoms with Crippen molar-refractivity contribution >= 4 is 17.8 Å². The number of hydrogen-bond acceptors (Lipinski definition) is 4. The lowest BCUT2D eigenvalue weighted by molar-refractivity contribution is -0.155. The zero-order valence-corrected chi connectivity index (χ0v) is 10.9. The summed E-state index contributed by atoms with van der Waals surface area (Å²) in [5, 5.41) is 4.95. The van der Waals surface area contributed by atoms with E-state index in [9.17, 15) is 14.4 Å². The first kappa shape index (κ1) is 15.4. The maximum atomic E-state index is 11.6. The Balaban J connectivity index is 4.26. The standard InChI is InChI=1S/C11H20N2O4/c1-6-17-10(16)9(15)12-7(2)8(14)13-11(3,4)5/h7H,6H2,1-5H3,(H,12,15)(H,13,14). The average Bonchev–Trinajstić information content (AvgIpc) is 2.15. The summed E-state index contributed by atoms with van der Waals surface area (Å²) >= 11 is 0. The van der Waals surface area contributed by atoms with Gasteiger partial charge in [0.05, 0.1) is 6.61 Å². The molecule has 0 aliphatic carbocycles. The Morgan fingerprint density at radius 1 is 1.24 bits per heavy atom. The molecule has 1 atom stereocenters. The molecule has 2 N–H and O–H groups in total. The molecule has 2 amide bonds. The third-order valence-electron chi connectivity index (χ3n) is 1.70. The van der Waals surface area contributed by atoms with Crippen molar-refractivity contribution in [3.05, 3.63) is 0 Å². The van der Waals surface area contributed by atoms with Crippen LogP contribution < -0.4 is 10.6 Å². The number of ether oxygens (including phenoxy) is 1. The van der Waals surface area contributed by atoms with Crippen LogP contribution in [-0.4, -0.2) is 36.0 Å². The second-order valence-electron chi connectivity index (χ2n) is 4.65.